The summed E-state index contributed by atoms with van der Waals surface area (Å²) >= 11 is 0.572. The Morgan fingerprint density at radius 2 is 1.26 bits per heavy atom. The first-order valence-corrected chi connectivity index (χ1v) is 12.2. The van der Waals surface area contributed by atoms with Crippen molar-refractivity contribution in [3.63, 3.8) is 0 Å². The van der Waals surface area contributed by atoms with Crippen LogP contribution >= 0.6 is 11.8 Å². The van der Waals surface area contributed by atoms with Crippen molar-refractivity contribution in [3.8, 4) is 0 Å². The molecular formula is C26H31NO10S. The van der Waals surface area contributed by atoms with Crippen molar-refractivity contribution in [2.24, 2.45) is 0 Å². The molecule has 2 rings (SSSR count). The molecule has 38 heavy (non-hydrogen) atoms. The summed E-state index contributed by atoms with van der Waals surface area (Å²) in [6.07, 6.45) is -1.60. The summed E-state index contributed by atoms with van der Waals surface area (Å²) in [6.45, 7) is 4.86. The molecule has 0 aromatic heterocycles. The van der Waals surface area contributed by atoms with Crippen LogP contribution in [0.25, 0.3) is 0 Å². The van der Waals surface area contributed by atoms with Crippen molar-refractivity contribution in [2.45, 2.75) is 44.6 Å². The number of amides is 1. The fourth-order valence-corrected chi connectivity index (χ4v) is 3.67. The summed E-state index contributed by atoms with van der Waals surface area (Å²) in [6, 6.07) is 14.8. The van der Waals surface area contributed by atoms with E-state index in [0.717, 1.165) is 0 Å². The van der Waals surface area contributed by atoms with E-state index in [-0.39, 0.29) is 12.6 Å². The first-order valence-electron chi connectivity index (χ1n) is 11.4. The third kappa shape index (κ3) is 10.1. The van der Waals surface area contributed by atoms with Crippen LogP contribution in [0.1, 0.15) is 49.8 Å². The van der Waals surface area contributed by atoms with Crippen LogP contribution in [0.15, 0.2) is 60.7 Å². The summed E-state index contributed by atoms with van der Waals surface area (Å²) in [5.74, 6) is -2.22. The summed E-state index contributed by atoms with van der Waals surface area (Å²) in [7, 11) is 0. The molecule has 1 atom stereocenters. The predicted octanol–water partition coefficient (Wildman–Crippen LogP) is 4.56. The molecule has 1 N–H and O–H groups in total. The highest BCUT2D eigenvalue weighted by Gasteiger charge is 2.41. The summed E-state index contributed by atoms with van der Waals surface area (Å²) in [4.78, 5) is 61.4. The quantitative estimate of drug-likeness (QED) is 0.239. The highest BCUT2D eigenvalue weighted by molar-refractivity contribution is 8.14. The van der Waals surface area contributed by atoms with Gasteiger partial charge in [-0.3, -0.25) is 0 Å². The Morgan fingerprint density at radius 1 is 0.789 bits per heavy atom. The number of alkyl carbamates (subject to hydrolysis) is 1. The van der Waals surface area contributed by atoms with Gasteiger partial charge in [-0.2, -0.15) is 0 Å². The van der Waals surface area contributed by atoms with E-state index in [2.05, 4.69) is 5.32 Å². The van der Waals surface area contributed by atoms with E-state index in [0.29, 0.717) is 11.8 Å². The average molecular weight is 550 g/mol. The third-order valence-corrected chi connectivity index (χ3v) is 5.70. The number of ether oxygens (including phenoxy) is 5. The third-order valence-electron chi connectivity index (χ3n) is 4.66. The minimum absolute atomic E-state index is 0. The number of rotatable bonds is 11. The van der Waals surface area contributed by atoms with Crippen molar-refractivity contribution in [2.75, 3.05) is 13.6 Å². The highest BCUT2D eigenvalue weighted by Crippen LogP contribution is 2.31. The van der Waals surface area contributed by atoms with Crippen LogP contribution in [0.4, 0.5) is 9.59 Å². The van der Waals surface area contributed by atoms with Gasteiger partial charge >= 0.3 is 29.3 Å². The van der Waals surface area contributed by atoms with Crippen LogP contribution < -0.4 is 5.32 Å². The van der Waals surface area contributed by atoms with Crippen molar-refractivity contribution in [1.82, 2.24) is 5.32 Å². The lowest BCUT2D eigenvalue weighted by molar-refractivity contribution is -0.150. The lowest BCUT2D eigenvalue weighted by Gasteiger charge is -2.31. The smallest absolute Gasteiger partial charge is 0.410 e. The molecule has 0 fully saturated rings. The van der Waals surface area contributed by atoms with Crippen molar-refractivity contribution < 1.29 is 49.1 Å². The predicted molar refractivity (Wildman–Crippen MR) is 138 cm³/mol. The van der Waals surface area contributed by atoms with Crippen molar-refractivity contribution in [1.29, 1.82) is 0 Å². The number of nitrogens with one attached hydrogen (secondary N) is 1. The van der Waals surface area contributed by atoms with Gasteiger partial charge in [0.2, 0.25) is 13.6 Å². The fraction of sp³-hybridized carbons (Fsp3) is 0.346. The first-order chi connectivity index (χ1) is 18.0. The fourth-order valence-electron chi connectivity index (χ4n) is 2.86. The molecule has 2 aromatic carbocycles. The Labute approximate surface area is 225 Å². The van der Waals surface area contributed by atoms with Crippen LogP contribution in [0.3, 0.4) is 0 Å². The SMILES string of the molecule is CC(C)OC(=O)[C@H](NC(=O)OCOC(=O)c1ccccc1)C(C)(C)SC(=O)OCOC(=O)c1ccccc1.[HH]. The molecule has 206 valence electrons. The second kappa shape index (κ2) is 14.6. The Kier molecular flexibility index (Phi) is 11.6. The second-order valence-electron chi connectivity index (χ2n) is 8.43. The molecule has 0 aliphatic heterocycles. The molecule has 11 nitrogen and oxygen atoms in total. The van der Waals surface area contributed by atoms with Crippen LogP contribution in [0.5, 0.6) is 0 Å². The van der Waals surface area contributed by atoms with Crippen molar-refractivity contribution >= 4 is 41.1 Å². The zero-order chi connectivity index (χ0) is 28.1. The second-order valence-corrected chi connectivity index (χ2v) is 10.0. The lowest BCUT2D eigenvalue weighted by Crippen LogP contribution is -2.54. The highest BCUT2D eigenvalue weighted by atomic mass is 32.2. The van der Waals surface area contributed by atoms with E-state index >= 15 is 0 Å². The molecule has 0 heterocycles. The van der Waals surface area contributed by atoms with Crippen molar-refractivity contribution in [3.05, 3.63) is 71.8 Å². The van der Waals surface area contributed by atoms with Gasteiger partial charge in [-0.05, 0) is 63.7 Å². The van der Waals surface area contributed by atoms with E-state index in [1.165, 1.54) is 26.0 Å². The Hall–Kier alpha value is -4.06. The summed E-state index contributed by atoms with van der Waals surface area (Å²) < 4.78 is 23.5. The van der Waals surface area contributed by atoms with Gasteiger partial charge in [-0.1, -0.05) is 36.4 Å². The van der Waals surface area contributed by atoms with Gasteiger partial charge in [-0.15, -0.1) is 0 Å². The first kappa shape index (κ1) is 30.2. The molecule has 2 aromatic rings. The summed E-state index contributed by atoms with van der Waals surface area (Å²) in [5, 5.41) is 1.47. The van der Waals surface area contributed by atoms with E-state index in [1.54, 1.807) is 62.4 Å². The molecule has 12 heteroatoms. The molecule has 0 spiro atoms. The molecule has 0 unspecified atom stereocenters. The Morgan fingerprint density at radius 3 is 1.74 bits per heavy atom. The molecule has 1 amide bonds. The van der Waals surface area contributed by atoms with E-state index in [9.17, 15) is 24.0 Å². The van der Waals surface area contributed by atoms with Gasteiger partial charge in [0, 0.05) is 1.43 Å². The Bertz CT molecular complexity index is 1110. The number of benzene rings is 2. The number of hydrogen-bond acceptors (Lipinski definition) is 11. The number of esters is 3. The standard InChI is InChI=1S/C26H29NO10S.H2/c1-17(2)37-23(30)20(27-24(31)35-15-33-21(28)18-11-7-5-8-12-18)26(3,4)38-25(32)36-16-34-22(29)19-13-9-6-10-14-19;/h5-14,17,20H,15-16H2,1-4H3,(H,27,31);1H/t20-;/m0./s1. The molecular weight excluding hydrogens is 518 g/mol. The summed E-state index contributed by atoms with van der Waals surface area (Å²) in [5.41, 5.74) is 0.547. The van der Waals surface area contributed by atoms with Gasteiger partial charge < -0.3 is 29.0 Å². The maximum Gasteiger partial charge on any atom is 0.410 e. The molecule has 0 bridgehead atoms. The zero-order valence-electron chi connectivity index (χ0n) is 21.3. The number of thioether (sulfide) groups is 1. The normalized spacial score (nSPS) is 11.6. The van der Waals surface area contributed by atoms with Crippen LogP contribution in [0.2, 0.25) is 0 Å². The van der Waals surface area contributed by atoms with E-state index < -0.39 is 59.8 Å². The number of hydrogen-bond donors (Lipinski definition) is 1. The average Bonchev–Trinajstić information content (AvgIpc) is 2.87. The van der Waals surface area contributed by atoms with Crippen LogP contribution in [0, 0.1) is 0 Å². The van der Waals surface area contributed by atoms with E-state index in [1.807, 2.05) is 0 Å². The molecule has 0 radical (unpaired) electrons. The number of carbonyl (C=O) groups is 5. The lowest BCUT2D eigenvalue weighted by atomic mass is 10.0. The van der Waals surface area contributed by atoms with E-state index in [4.69, 9.17) is 23.7 Å². The van der Waals surface area contributed by atoms with Gasteiger partial charge in [-0.25, -0.2) is 24.0 Å². The van der Waals surface area contributed by atoms with Crippen LogP contribution in [-0.2, 0) is 28.5 Å². The molecule has 0 saturated heterocycles. The Balaban J connectivity index is 0.00000760. The number of carbonyl (C=O) groups excluding carboxylic acids is 5. The molecule has 0 aliphatic carbocycles. The maximum absolute atomic E-state index is 12.7. The minimum atomic E-state index is -1.37. The minimum Gasteiger partial charge on any atom is -0.461 e. The largest absolute Gasteiger partial charge is 0.461 e. The monoisotopic (exact) mass is 549 g/mol. The zero-order valence-corrected chi connectivity index (χ0v) is 22.1. The van der Waals surface area contributed by atoms with Gasteiger partial charge in [0.1, 0.15) is 6.04 Å². The maximum atomic E-state index is 12.7. The van der Waals surface area contributed by atoms with Crippen LogP contribution in [-0.4, -0.2) is 59.8 Å². The van der Waals surface area contributed by atoms with Gasteiger partial charge in [0.15, 0.2) is 0 Å². The topological polar surface area (TPSA) is 144 Å². The molecule has 0 aliphatic rings. The van der Waals surface area contributed by atoms with Gasteiger partial charge in [0.25, 0.3) is 0 Å². The molecule has 0 saturated carbocycles. The van der Waals surface area contributed by atoms with Gasteiger partial charge in [0.05, 0.1) is 22.0 Å².